The van der Waals surface area contributed by atoms with E-state index in [-0.39, 0.29) is 29.4 Å². The monoisotopic (exact) mass is 337 g/mol. The van der Waals surface area contributed by atoms with Gasteiger partial charge in [-0.1, -0.05) is 45.0 Å². The lowest BCUT2D eigenvalue weighted by Crippen LogP contribution is -2.14. The van der Waals surface area contributed by atoms with Gasteiger partial charge in [0.1, 0.15) is 0 Å². The molecule has 0 fully saturated rings. The fourth-order valence-corrected chi connectivity index (χ4v) is 3.66. The van der Waals surface area contributed by atoms with Crippen LogP contribution in [0.4, 0.5) is 0 Å². The van der Waals surface area contributed by atoms with Crippen molar-refractivity contribution in [3.63, 3.8) is 0 Å². The van der Waals surface area contributed by atoms with Crippen molar-refractivity contribution in [1.82, 2.24) is 14.8 Å². The highest BCUT2D eigenvalue weighted by Gasteiger charge is 2.23. The Morgan fingerprint density at radius 1 is 1.13 bits per heavy atom. The summed E-state index contributed by atoms with van der Waals surface area (Å²) in [4.78, 5) is 0. The second-order valence-corrected chi connectivity index (χ2v) is 8.59. The number of aliphatic hydroxyl groups excluding tert-OH is 1. The molecular formula is C16H23N3O3S. The number of sulfone groups is 1. The number of aromatic nitrogens is 3. The predicted molar refractivity (Wildman–Crippen MR) is 88.9 cm³/mol. The van der Waals surface area contributed by atoms with E-state index in [1.807, 2.05) is 24.3 Å². The Hall–Kier alpha value is -1.73. The Balaban J connectivity index is 2.36. The van der Waals surface area contributed by atoms with E-state index in [1.54, 1.807) is 7.05 Å². The highest BCUT2D eigenvalue weighted by Crippen LogP contribution is 2.26. The van der Waals surface area contributed by atoms with E-state index >= 15 is 0 Å². The molecule has 126 valence electrons. The van der Waals surface area contributed by atoms with Crippen LogP contribution in [-0.4, -0.2) is 40.6 Å². The summed E-state index contributed by atoms with van der Waals surface area (Å²) >= 11 is 0. The fourth-order valence-electron chi connectivity index (χ4n) is 2.30. The zero-order valence-corrected chi connectivity index (χ0v) is 14.8. The lowest BCUT2D eigenvalue weighted by Gasteiger charge is -2.19. The van der Waals surface area contributed by atoms with Gasteiger partial charge in [-0.3, -0.25) is 0 Å². The molecule has 0 bridgehead atoms. The van der Waals surface area contributed by atoms with Gasteiger partial charge in [0.25, 0.3) is 0 Å². The molecular weight excluding hydrogens is 314 g/mol. The molecule has 1 aromatic heterocycles. The number of aliphatic hydroxyl groups is 1. The van der Waals surface area contributed by atoms with E-state index in [1.165, 1.54) is 10.1 Å². The van der Waals surface area contributed by atoms with Crippen LogP contribution >= 0.6 is 0 Å². The molecule has 1 aromatic carbocycles. The molecule has 0 amide bonds. The number of rotatable bonds is 5. The Morgan fingerprint density at radius 3 is 2.26 bits per heavy atom. The molecule has 1 heterocycles. The average Bonchev–Trinajstić information content (AvgIpc) is 2.87. The quantitative estimate of drug-likeness (QED) is 0.901. The molecule has 7 heteroatoms. The number of nitrogens with zero attached hydrogens (tertiary/aromatic N) is 3. The van der Waals surface area contributed by atoms with Crippen LogP contribution in [0.5, 0.6) is 0 Å². The van der Waals surface area contributed by atoms with E-state index in [2.05, 4.69) is 31.0 Å². The molecule has 2 aromatic rings. The maximum atomic E-state index is 12.2. The first kappa shape index (κ1) is 17.6. The van der Waals surface area contributed by atoms with Crippen LogP contribution in [0.15, 0.2) is 29.4 Å². The molecule has 2 rings (SSSR count). The normalized spacial score (nSPS) is 12.6. The molecule has 0 spiro atoms. The highest BCUT2D eigenvalue weighted by atomic mass is 32.2. The Bertz CT molecular complexity index is 772. The number of hydrogen-bond donors (Lipinski definition) is 1. The van der Waals surface area contributed by atoms with Gasteiger partial charge >= 0.3 is 0 Å². The lowest BCUT2D eigenvalue weighted by molar-refractivity contribution is 0.295. The van der Waals surface area contributed by atoms with E-state index in [4.69, 9.17) is 5.11 Å². The maximum absolute atomic E-state index is 12.2. The van der Waals surface area contributed by atoms with Crippen molar-refractivity contribution >= 4 is 9.84 Å². The van der Waals surface area contributed by atoms with Crippen molar-refractivity contribution in [2.24, 2.45) is 7.05 Å². The predicted octanol–water partition coefficient (Wildman–Crippen LogP) is 1.94. The standard InChI is InChI=1S/C16H23N3O3S/c1-16(2,3)13-8-6-12(7-9-13)14-17-18-15(19(14)4)23(21,22)11-5-10-20/h6-9,20H,5,10-11H2,1-4H3. The van der Waals surface area contributed by atoms with Crippen LogP contribution in [0.25, 0.3) is 11.4 Å². The van der Waals surface area contributed by atoms with Gasteiger partial charge in [0.15, 0.2) is 5.82 Å². The Morgan fingerprint density at radius 2 is 1.74 bits per heavy atom. The van der Waals surface area contributed by atoms with Crippen molar-refractivity contribution in [3.05, 3.63) is 29.8 Å². The number of benzene rings is 1. The topological polar surface area (TPSA) is 85.1 Å². The van der Waals surface area contributed by atoms with Crippen molar-refractivity contribution in [3.8, 4) is 11.4 Å². The van der Waals surface area contributed by atoms with E-state index in [0.29, 0.717) is 5.82 Å². The first-order valence-electron chi connectivity index (χ1n) is 7.51. The van der Waals surface area contributed by atoms with Gasteiger partial charge in [0.05, 0.1) is 5.75 Å². The van der Waals surface area contributed by atoms with Crippen molar-refractivity contribution in [1.29, 1.82) is 0 Å². The smallest absolute Gasteiger partial charge is 0.249 e. The minimum atomic E-state index is -3.54. The Labute approximate surface area is 137 Å². The summed E-state index contributed by atoms with van der Waals surface area (Å²) < 4.78 is 25.9. The summed E-state index contributed by atoms with van der Waals surface area (Å²) in [6.07, 6.45) is 0.185. The second kappa shape index (κ2) is 6.41. The summed E-state index contributed by atoms with van der Waals surface area (Å²) in [5.74, 6) is 0.367. The molecule has 0 unspecified atom stereocenters. The summed E-state index contributed by atoms with van der Waals surface area (Å²) in [5, 5.41) is 16.6. The van der Waals surface area contributed by atoms with Gasteiger partial charge in [-0.2, -0.15) is 0 Å². The molecule has 0 saturated carbocycles. The largest absolute Gasteiger partial charge is 0.396 e. The van der Waals surface area contributed by atoms with Crippen LogP contribution in [0.1, 0.15) is 32.8 Å². The zero-order valence-electron chi connectivity index (χ0n) is 13.9. The molecule has 0 aliphatic carbocycles. The molecule has 0 aliphatic heterocycles. The van der Waals surface area contributed by atoms with Gasteiger partial charge in [-0.05, 0) is 17.4 Å². The van der Waals surface area contributed by atoms with Crippen molar-refractivity contribution < 1.29 is 13.5 Å². The van der Waals surface area contributed by atoms with Crippen LogP contribution < -0.4 is 0 Å². The molecule has 0 saturated heterocycles. The van der Waals surface area contributed by atoms with Crippen molar-refractivity contribution in [2.45, 2.75) is 37.8 Å². The summed E-state index contributed by atoms with van der Waals surface area (Å²) in [7, 11) is -1.90. The maximum Gasteiger partial charge on any atom is 0.249 e. The van der Waals surface area contributed by atoms with Gasteiger partial charge in [0, 0.05) is 19.2 Å². The van der Waals surface area contributed by atoms with Crippen LogP contribution in [0, 0.1) is 0 Å². The second-order valence-electron chi connectivity index (χ2n) is 6.59. The van der Waals surface area contributed by atoms with E-state index < -0.39 is 9.84 Å². The first-order chi connectivity index (χ1) is 10.7. The van der Waals surface area contributed by atoms with Gasteiger partial charge in [0.2, 0.25) is 15.0 Å². The molecule has 6 nitrogen and oxygen atoms in total. The highest BCUT2D eigenvalue weighted by molar-refractivity contribution is 7.91. The van der Waals surface area contributed by atoms with Gasteiger partial charge in [-0.15, -0.1) is 10.2 Å². The summed E-state index contributed by atoms with van der Waals surface area (Å²) in [6.45, 7) is 6.24. The first-order valence-corrected chi connectivity index (χ1v) is 9.16. The lowest BCUT2D eigenvalue weighted by atomic mass is 9.87. The summed E-state index contributed by atoms with van der Waals surface area (Å²) in [6, 6.07) is 7.89. The van der Waals surface area contributed by atoms with Crippen LogP contribution in [-0.2, 0) is 22.3 Å². The SMILES string of the molecule is Cn1c(-c2ccc(C(C)(C)C)cc2)nnc1S(=O)(=O)CCCO. The summed E-state index contributed by atoms with van der Waals surface area (Å²) in [5.41, 5.74) is 2.06. The van der Waals surface area contributed by atoms with Gasteiger partial charge in [-0.25, -0.2) is 8.42 Å². The van der Waals surface area contributed by atoms with Crippen LogP contribution in [0.3, 0.4) is 0 Å². The minimum absolute atomic E-state index is 0.0528. The van der Waals surface area contributed by atoms with Gasteiger partial charge < -0.3 is 9.67 Å². The van der Waals surface area contributed by atoms with E-state index in [9.17, 15) is 8.42 Å². The molecule has 0 radical (unpaired) electrons. The fraction of sp³-hybridized carbons (Fsp3) is 0.500. The van der Waals surface area contributed by atoms with Crippen molar-refractivity contribution in [2.75, 3.05) is 12.4 Å². The third-order valence-electron chi connectivity index (χ3n) is 3.69. The molecule has 0 atom stereocenters. The molecule has 23 heavy (non-hydrogen) atoms. The zero-order chi connectivity index (χ0) is 17.3. The minimum Gasteiger partial charge on any atom is -0.396 e. The van der Waals surface area contributed by atoms with E-state index in [0.717, 1.165) is 5.56 Å². The Kier molecular flexibility index (Phi) is 4.91. The number of hydrogen-bond acceptors (Lipinski definition) is 5. The average molecular weight is 337 g/mol. The molecule has 0 aliphatic rings. The third-order valence-corrected chi connectivity index (χ3v) is 5.43. The van der Waals surface area contributed by atoms with Crippen LogP contribution in [0.2, 0.25) is 0 Å². The molecule has 1 N–H and O–H groups in total. The third kappa shape index (κ3) is 3.79.